The summed E-state index contributed by atoms with van der Waals surface area (Å²) in [5.41, 5.74) is 0. The van der Waals surface area contributed by atoms with E-state index in [1.165, 1.54) is 0 Å². The Morgan fingerprint density at radius 3 is 2.25 bits per heavy atom. The van der Waals surface area contributed by atoms with Crippen LogP contribution >= 0.6 is 9.24 Å². The van der Waals surface area contributed by atoms with Crippen LogP contribution in [-0.4, -0.2) is 6.16 Å². The predicted molar refractivity (Wildman–Crippen MR) is 23.0 cm³/mol. The molecule has 0 bridgehead atoms. The molecule has 0 aliphatic rings. The number of nitrogens with zero attached hydrogens (tertiary/aromatic N) is 1. The maximum atomic E-state index is 7.66. The van der Waals surface area contributed by atoms with E-state index >= 15 is 0 Å². The Morgan fingerprint density at radius 2 is 2.25 bits per heavy atom. The van der Waals surface area contributed by atoms with Crippen molar-refractivity contribution in [3.05, 3.63) is 0 Å². The normalized spacial score (nSPS) is 5.25. The zero-order valence-electron chi connectivity index (χ0n) is 2.65. The van der Waals surface area contributed by atoms with Crippen LogP contribution in [0.25, 0.3) is 0 Å². The molecule has 0 fully saturated rings. The molecule has 0 aliphatic carbocycles. The van der Waals surface area contributed by atoms with Crippen LogP contribution in [0.5, 0.6) is 0 Å². The van der Waals surface area contributed by atoms with Gasteiger partial charge in [0.05, 0.1) is 0 Å². The van der Waals surface area contributed by atoms with E-state index in [1.54, 1.807) is 0 Å². The Hall–Kier alpha value is -0.0800. The van der Waals surface area contributed by atoms with E-state index < -0.39 is 0 Å². The van der Waals surface area contributed by atoms with E-state index in [2.05, 4.69) is 0 Å². The van der Waals surface area contributed by atoms with Crippen molar-refractivity contribution in [2.45, 2.75) is 0 Å². The molecule has 0 saturated carbocycles. The second-order valence-corrected chi connectivity index (χ2v) is 1.22. The molecular formula is C2H6NP. The van der Waals surface area contributed by atoms with Gasteiger partial charge in [0.25, 0.3) is 0 Å². The fraction of sp³-hybridized carbons (Fsp3) is 0.500. The maximum absolute atomic E-state index is 7.66. The van der Waals surface area contributed by atoms with E-state index in [4.69, 9.17) is 5.26 Å². The van der Waals surface area contributed by atoms with Gasteiger partial charge in [-0.3, -0.25) is 0 Å². The third kappa shape index (κ3) is 1.92. The molecule has 0 spiro atoms. The van der Waals surface area contributed by atoms with Gasteiger partial charge < -0.3 is 0 Å². The number of hydrogen-bond donors (Lipinski definition) is 0. The van der Waals surface area contributed by atoms with E-state index in [-0.39, 0.29) is 0 Å². The molecule has 0 aliphatic heterocycles. The van der Waals surface area contributed by atoms with E-state index in [0.29, 0.717) is 0 Å². The Labute approximate surface area is 27.8 Å². The van der Waals surface area contributed by atoms with Crippen LogP contribution in [0, 0.1) is 11.3 Å². The van der Waals surface area contributed by atoms with Crippen molar-refractivity contribution in [3.63, 3.8) is 0 Å². The van der Waals surface area contributed by atoms with Crippen molar-refractivity contribution >= 4 is 9.24 Å². The Bertz CT molecular complexity index is 35.8. The molecule has 0 unspecified atom stereocenters. The first kappa shape index (κ1) is 3.92. The number of hydrogen-bond acceptors (Lipinski definition) is 1. The van der Waals surface area contributed by atoms with Crippen LogP contribution < -0.4 is 0 Å². The van der Waals surface area contributed by atoms with Crippen molar-refractivity contribution in [3.8, 4) is 6.07 Å². The molecule has 0 radical (unpaired) electrons. The second-order valence-electron chi connectivity index (χ2n) is 0.512. The summed E-state index contributed by atoms with van der Waals surface area (Å²) in [6, 6.07) is 1.99. The average molecular weight is 75.1 g/mol. The minimum absolute atomic E-state index is 0.764. The van der Waals surface area contributed by atoms with Crippen molar-refractivity contribution in [2.75, 3.05) is 6.16 Å². The molecular weight excluding hydrogens is 69.0 g/mol. The van der Waals surface area contributed by atoms with E-state index in [9.17, 15) is 0 Å². The first-order chi connectivity index (χ1) is 1.91. The van der Waals surface area contributed by atoms with Crippen LogP contribution in [0.1, 0.15) is 0 Å². The predicted octanol–water partition coefficient (Wildman–Crippen LogP) is -0.150. The van der Waals surface area contributed by atoms with Gasteiger partial charge in [-0.25, -0.2) is 0 Å². The van der Waals surface area contributed by atoms with Crippen LogP contribution in [0.3, 0.4) is 0 Å². The molecule has 0 heterocycles. The van der Waals surface area contributed by atoms with Crippen molar-refractivity contribution < 1.29 is 0 Å². The summed E-state index contributed by atoms with van der Waals surface area (Å²) >= 11 is 0. The summed E-state index contributed by atoms with van der Waals surface area (Å²) in [5, 5.41) is 7.66. The van der Waals surface area contributed by atoms with Crippen molar-refractivity contribution in [1.82, 2.24) is 0 Å². The molecule has 0 N–H and O–H groups in total. The van der Waals surface area contributed by atoms with Gasteiger partial charge >= 0.3 is 26.7 Å². The molecule has 0 aromatic carbocycles. The van der Waals surface area contributed by atoms with Gasteiger partial charge in [0, 0.05) is 0 Å². The van der Waals surface area contributed by atoms with Gasteiger partial charge in [-0.15, -0.1) is 0 Å². The fourth-order valence-electron chi connectivity index (χ4n) is 0. The van der Waals surface area contributed by atoms with Crippen LogP contribution in [0.15, 0.2) is 0 Å². The summed E-state index contributed by atoms with van der Waals surface area (Å²) in [5.74, 6) is 0. The van der Waals surface area contributed by atoms with Gasteiger partial charge in [-0.2, -0.15) is 0 Å². The summed E-state index contributed by atoms with van der Waals surface area (Å²) < 4.78 is 0. The zero-order chi connectivity index (χ0) is 3.41. The standard InChI is InChI=1S/C2H6NP/c3-1-2-4/h2H2,4H4. The van der Waals surface area contributed by atoms with Crippen LogP contribution in [-0.2, 0) is 0 Å². The monoisotopic (exact) mass is 75.0 g/mol. The minimum atomic E-state index is 0.764. The van der Waals surface area contributed by atoms with Gasteiger partial charge in [0.15, 0.2) is 0 Å². The summed E-state index contributed by atoms with van der Waals surface area (Å²) in [7, 11) is 1.03. The summed E-state index contributed by atoms with van der Waals surface area (Å²) in [4.78, 5) is 0. The first-order valence-electron chi connectivity index (χ1n) is 1.28. The third-order valence-corrected chi connectivity index (χ3v) is 0.474. The van der Waals surface area contributed by atoms with E-state index in [0.717, 1.165) is 15.4 Å². The quantitative estimate of drug-likeness (QED) is 0.367. The Morgan fingerprint density at radius 1 is 2.00 bits per heavy atom. The van der Waals surface area contributed by atoms with Crippen LogP contribution in [0.4, 0.5) is 0 Å². The second kappa shape index (κ2) is 2.92. The SMILES string of the molecule is N#CC[PH4]. The van der Waals surface area contributed by atoms with Crippen molar-refractivity contribution in [2.24, 2.45) is 0 Å². The Balaban J connectivity index is 2.43. The van der Waals surface area contributed by atoms with Crippen LogP contribution in [0.2, 0.25) is 0 Å². The average Bonchev–Trinajstić information content (AvgIpc) is 1.37. The summed E-state index contributed by atoms with van der Waals surface area (Å²) in [6.45, 7) is 0. The fourth-order valence-corrected chi connectivity index (χ4v) is 0. The zero-order valence-corrected chi connectivity index (χ0v) is 4.65. The molecule has 24 valence electrons. The van der Waals surface area contributed by atoms with Crippen molar-refractivity contribution in [1.29, 1.82) is 5.26 Å². The van der Waals surface area contributed by atoms with Gasteiger partial charge in [-0.05, 0) is 0 Å². The molecule has 0 saturated heterocycles. The number of rotatable bonds is 0. The molecule has 0 atom stereocenters. The van der Waals surface area contributed by atoms with Gasteiger partial charge in [0.1, 0.15) is 0 Å². The summed E-state index contributed by atoms with van der Waals surface area (Å²) in [6.07, 6.45) is 0.764. The van der Waals surface area contributed by atoms with Gasteiger partial charge in [-0.1, -0.05) is 0 Å². The molecule has 2 heteroatoms. The van der Waals surface area contributed by atoms with Gasteiger partial charge in [0.2, 0.25) is 0 Å². The molecule has 4 heavy (non-hydrogen) atoms. The molecule has 1 nitrogen and oxygen atoms in total. The topological polar surface area (TPSA) is 23.8 Å². The first-order valence-corrected chi connectivity index (χ1v) is 2.70. The molecule has 0 aromatic heterocycles. The van der Waals surface area contributed by atoms with E-state index in [1.807, 2.05) is 6.07 Å². The third-order valence-electron chi connectivity index (χ3n) is 0.158. The molecule has 0 rings (SSSR count). The molecule has 0 amide bonds. The number of nitriles is 1. The Kier molecular flexibility index (Phi) is 2.86. The molecule has 0 aromatic rings.